The molecule has 4 rings (SSSR count). The number of methoxy groups -OCH3 is 3. The molecule has 0 fully saturated rings. The number of aromatic nitrogens is 2. The summed E-state index contributed by atoms with van der Waals surface area (Å²) in [7, 11) is 4.68. The van der Waals surface area contributed by atoms with Crippen LogP contribution in [0.1, 0.15) is 6.42 Å². The zero-order chi connectivity index (χ0) is 26.4. The van der Waals surface area contributed by atoms with Gasteiger partial charge in [-0.15, -0.1) is 11.3 Å². The van der Waals surface area contributed by atoms with E-state index in [-0.39, 0.29) is 0 Å². The molecule has 0 aliphatic carbocycles. The predicted octanol–water partition coefficient (Wildman–Crippen LogP) is 5.75. The number of hydrogen-bond donors (Lipinski definition) is 3. The van der Waals surface area contributed by atoms with Gasteiger partial charge in [-0.05, 0) is 36.1 Å². The zero-order valence-electron chi connectivity index (χ0n) is 20.9. The molecule has 2 aromatic carbocycles. The van der Waals surface area contributed by atoms with Crippen LogP contribution in [0.4, 0.5) is 17.3 Å². The van der Waals surface area contributed by atoms with E-state index >= 15 is 0 Å². The highest BCUT2D eigenvalue weighted by molar-refractivity contribution is 7.98. The molecule has 37 heavy (non-hydrogen) atoms. The highest BCUT2D eigenvalue weighted by atomic mass is 32.2. The number of thiophene rings is 1. The summed E-state index contributed by atoms with van der Waals surface area (Å²) in [4.78, 5) is 20.9. The van der Waals surface area contributed by atoms with Crippen LogP contribution in [0.5, 0.6) is 17.2 Å². The maximum absolute atomic E-state index is 11.7. The Morgan fingerprint density at radius 2 is 1.86 bits per heavy atom. The van der Waals surface area contributed by atoms with Gasteiger partial charge in [-0.3, -0.25) is 0 Å². The molecule has 9 nitrogen and oxygen atoms in total. The van der Waals surface area contributed by atoms with Crippen molar-refractivity contribution in [3.8, 4) is 28.4 Å². The number of fused-ring (bicyclic) bond motifs is 1. The molecule has 2 heterocycles. The van der Waals surface area contributed by atoms with Gasteiger partial charge in [0.25, 0.3) is 0 Å². The monoisotopic (exact) mass is 540 g/mol. The van der Waals surface area contributed by atoms with E-state index < -0.39 is 12.0 Å². The topological polar surface area (TPSA) is 115 Å². The number of rotatable bonds is 12. The van der Waals surface area contributed by atoms with Crippen LogP contribution in [0.15, 0.2) is 48.0 Å². The second-order valence-electron chi connectivity index (χ2n) is 7.99. The molecule has 0 aliphatic rings. The molecule has 0 bridgehead atoms. The highest BCUT2D eigenvalue weighted by Gasteiger charge is 2.18. The van der Waals surface area contributed by atoms with Gasteiger partial charge in [-0.1, -0.05) is 12.1 Å². The Labute approximate surface area is 223 Å². The summed E-state index contributed by atoms with van der Waals surface area (Å²) in [5.41, 5.74) is 4.10. The van der Waals surface area contributed by atoms with Gasteiger partial charge in [0.1, 0.15) is 6.04 Å². The Kier molecular flexibility index (Phi) is 8.57. The summed E-state index contributed by atoms with van der Waals surface area (Å²) in [6, 6.07) is 10.6. The van der Waals surface area contributed by atoms with Gasteiger partial charge in [-0.25, -0.2) is 14.8 Å². The maximum atomic E-state index is 11.7. The smallest absolute Gasteiger partial charge is 0.326 e. The van der Waals surface area contributed by atoms with Gasteiger partial charge < -0.3 is 30.0 Å². The third-order valence-corrected chi connectivity index (χ3v) is 7.21. The molecule has 0 aliphatic heterocycles. The maximum Gasteiger partial charge on any atom is 0.326 e. The van der Waals surface area contributed by atoms with E-state index in [2.05, 4.69) is 15.6 Å². The first-order valence-corrected chi connectivity index (χ1v) is 13.6. The molecule has 0 saturated carbocycles. The lowest BCUT2D eigenvalue weighted by Gasteiger charge is -2.16. The molecular weight excluding hydrogens is 512 g/mol. The van der Waals surface area contributed by atoms with Crippen LogP contribution in [-0.4, -0.2) is 60.4 Å². The van der Waals surface area contributed by atoms with Crippen molar-refractivity contribution >= 4 is 56.6 Å². The average Bonchev–Trinajstić information content (AvgIpc) is 3.33. The van der Waals surface area contributed by atoms with E-state index in [0.29, 0.717) is 35.3 Å². The molecule has 0 saturated heterocycles. The normalized spacial score (nSPS) is 11.7. The van der Waals surface area contributed by atoms with E-state index in [1.54, 1.807) is 62.8 Å². The van der Waals surface area contributed by atoms with Gasteiger partial charge in [0.15, 0.2) is 11.5 Å². The molecule has 2 aromatic heterocycles. The number of aliphatic carboxylic acids is 1. The number of ether oxygens (including phenoxy) is 3. The SMILES string of the molecule is COc1cc(Nc2ncc3scc(-c4cccc(N[C@@H](CCSC)C(=O)O)c4)c3n2)cc(OC)c1OC. The number of carboxylic acid groups (broad SMARTS) is 1. The number of carbonyl (C=O) groups is 1. The van der Waals surface area contributed by atoms with E-state index in [4.69, 9.17) is 19.2 Å². The fourth-order valence-electron chi connectivity index (χ4n) is 3.85. The first-order valence-electron chi connectivity index (χ1n) is 11.4. The van der Waals surface area contributed by atoms with E-state index in [9.17, 15) is 9.90 Å². The summed E-state index contributed by atoms with van der Waals surface area (Å²) in [5.74, 6) is 1.84. The van der Waals surface area contributed by atoms with Crippen LogP contribution in [-0.2, 0) is 4.79 Å². The molecule has 0 unspecified atom stereocenters. The van der Waals surface area contributed by atoms with Crippen molar-refractivity contribution in [2.24, 2.45) is 0 Å². The number of nitrogens with one attached hydrogen (secondary N) is 2. The quantitative estimate of drug-likeness (QED) is 0.205. The van der Waals surface area contributed by atoms with Gasteiger partial charge in [0, 0.05) is 34.5 Å². The molecule has 3 N–H and O–H groups in total. The second kappa shape index (κ2) is 12.0. The molecule has 194 valence electrons. The number of hydrogen-bond acceptors (Lipinski definition) is 10. The Morgan fingerprint density at radius 1 is 1.11 bits per heavy atom. The number of carboxylic acids is 1. The Bertz CT molecular complexity index is 1370. The number of thioether (sulfide) groups is 1. The first-order chi connectivity index (χ1) is 18.0. The van der Waals surface area contributed by atoms with Crippen LogP contribution in [0.3, 0.4) is 0 Å². The van der Waals surface area contributed by atoms with Crippen LogP contribution >= 0.6 is 23.1 Å². The second-order valence-corrected chi connectivity index (χ2v) is 9.89. The van der Waals surface area contributed by atoms with Crippen molar-refractivity contribution in [2.75, 3.05) is 44.0 Å². The van der Waals surface area contributed by atoms with Crippen molar-refractivity contribution in [1.82, 2.24) is 9.97 Å². The van der Waals surface area contributed by atoms with Crippen molar-refractivity contribution < 1.29 is 24.1 Å². The third kappa shape index (κ3) is 6.00. The fourth-order valence-corrected chi connectivity index (χ4v) is 5.19. The first kappa shape index (κ1) is 26.4. The van der Waals surface area contributed by atoms with E-state index in [0.717, 1.165) is 32.8 Å². The predicted molar refractivity (Wildman–Crippen MR) is 150 cm³/mol. The van der Waals surface area contributed by atoms with Gasteiger partial charge >= 0.3 is 5.97 Å². The number of benzene rings is 2. The van der Waals surface area contributed by atoms with Crippen molar-refractivity contribution in [1.29, 1.82) is 0 Å². The van der Waals surface area contributed by atoms with Crippen LogP contribution in [0.25, 0.3) is 21.3 Å². The molecule has 4 aromatic rings. The van der Waals surface area contributed by atoms with Crippen LogP contribution < -0.4 is 24.8 Å². The summed E-state index contributed by atoms with van der Waals surface area (Å²) in [6.07, 6.45) is 4.28. The van der Waals surface area contributed by atoms with Crippen molar-refractivity contribution in [2.45, 2.75) is 12.5 Å². The third-order valence-electron chi connectivity index (χ3n) is 5.66. The molecule has 0 radical (unpaired) electrons. The minimum atomic E-state index is -0.865. The summed E-state index contributed by atoms with van der Waals surface area (Å²) in [6.45, 7) is 0. The van der Waals surface area contributed by atoms with Gasteiger partial charge in [0.2, 0.25) is 11.7 Å². The Balaban J connectivity index is 1.63. The van der Waals surface area contributed by atoms with Crippen molar-refractivity contribution in [3.05, 3.63) is 48.0 Å². The largest absolute Gasteiger partial charge is 0.493 e. The van der Waals surface area contributed by atoms with E-state index in [1.165, 1.54) is 0 Å². The zero-order valence-corrected chi connectivity index (χ0v) is 22.5. The lowest BCUT2D eigenvalue weighted by Crippen LogP contribution is -2.29. The minimum Gasteiger partial charge on any atom is -0.493 e. The molecule has 1 atom stereocenters. The van der Waals surface area contributed by atoms with Crippen LogP contribution in [0.2, 0.25) is 0 Å². The lowest BCUT2D eigenvalue weighted by molar-refractivity contribution is -0.137. The van der Waals surface area contributed by atoms with E-state index in [1.807, 2.05) is 35.9 Å². The van der Waals surface area contributed by atoms with Crippen molar-refractivity contribution in [3.63, 3.8) is 0 Å². The molecule has 0 amide bonds. The van der Waals surface area contributed by atoms with Gasteiger partial charge in [-0.2, -0.15) is 11.8 Å². The standard InChI is InChI=1S/C26H28N4O5S2/c1-33-20-11-17(12-21(34-2)24(20)35-3)29-26-27-13-22-23(30-26)18(14-37-22)15-6-5-7-16(10-15)28-19(25(31)32)8-9-36-4/h5-7,10-14,19,28H,8-9H2,1-4H3,(H,31,32)(H,27,29,30)/t19-/m0/s1. The van der Waals surface area contributed by atoms with Gasteiger partial charge in [0.05, 0.1) is 37.7 Å². The highest BCUT2D eigenvalue weighted by Crippen LogP contribution is 2.41. The van der Waals surface area contributed by atoms with Crippen LogP contribution in [0, 0.1) is 0 Å². The molecular formula is C26H28N4O5S2. The Hall–Kier alpha value is -3.70. The average molecular weight is 541 g/mol. The summed E-state index contributed by atoms with van der Waals surface area (Å²) < 4.78 is 17.2. The molecule has 11 heteroatoms. The fraction of sp³-hybridized carbons (Fsp3) is 0.269. The lowest BCUT2D eigenvalue weighted by atomic mass is 10.1. The summed E-state index contributed by atoms with van der Waals surface area (Å²) >= 11 is 3.18. The number of nitrogens with zero attached hydrogens (tertiary/aromatic N) is 2. The minimum absolute atomic E-state index is 0.415. The number of anilines is 3. The molecule has 0 spiro atoms. The Morgan fingerprint density at radius 3 is 2.51 bits per heavy atom. The summed E-state index contributed by atoms with van der Waals surface area (Å²) in [5, 5.41) is 18.0.